The molecule has 2 fully saturated rings. The Balaban J connectivity index is 1.93. The van der Waals surface area contributed by atoms with Gasteiger partial charge in [0, 0.05) is 38.9 Å². The Bertz CT molecular complexity index is 737. The number of nitrogens with zero attached hydrogens (tertiary/aromatic N) is 3. The summed E-state index contributed by atoms with van der Waals surface area (Å²) in [5.41, 5.74) is 0.290. The van der Waals surface area contributed by atoms with Gasteiger partial charge in [-0.1, -0.05) is 12.8 Å². The molecule has 0 saturated carbocycles. The van der Waals surface area contributed by atoms with Crippen LogP contribution in [-0.2, 0) is 14.8 Å². The van der Waals surface area contributed by atoms with Crippen molar-refractivity contribution >= 4 is 21.4 Å². The van der Waals surface area contributed by atoms with Crippen LogP contribution in [0.15, 0.2) is 23.1 Å². The zero-order valence-electron chi connectivity index (χ0n) is 14.8. The molecule has 0 radical (unpaired) electrons. The summed E-state index contributed by atoms with van der Waals surface area (Å²) < 4.78 is 32.7. The third kappa shape index (κ3) is 4.16. The largest absolute Gasteiger partial charge is 0.380 e. The molecule has 2 heterocycles. The zero-order chi connectivity index (χ0) is 18.6. The van der Waals surface area contributed by atoms with Crippen LogP contribution < -0.4 is 4.90 Å². The first kappa shape index (κ1) is 19.1. The van der Waals surface area contributed by atoms with E-state index >= 15 is 0 Å². The normalized spacial score (nSPS) is 20.4. The lowest BCUT2D eigenvalue weighted by molar-refractivity contribution is -0.384. The van der Waals surface area contributed by atoms with Crippen LogP contribution in [0.4, 0.5) is 11.4 Å². The van der Waals surface area contributed by atoms with Crippen LogP contribution in [0, 0.1) is 10.1 Å². The van der Waals surface area contributed by atoms with Crippen LogP contribution in [0.3, 0.4) is 0 Å². The van der Waals surface area contributed by atoms with E-state index in [-0.39, 0.29) is 10.6 Å². The molecule has 144 valence electrons. The maximum Gasteiger partial charge on any atom is 0.293 e. The van der Waals surface area contributed by atoms with Crippen molar-refractivity contribution in [1.29, 1.82) is 0 Å². The maximum atomic E-state index is 12.9. The van der Waals surface area contributed by atoms with Gasteiger partial charge in [-0.05, 0) is 31.4 Å². The Kier molecular flexibility index (Phi) is 6.10. The zero-order valence-corrected chi connectivity index (χ0v) is 15.6. The number of nitro groups is 1. The summed E-state index contributed by atoms with van der Waals surface area (Å²) >= 11 is 0. The molecule has 1 aromatic carbocycles. The lowest BCUT2D eigenvalue weighted by atomic mass is 10.2. The molecule has 2 aliphatic heterocycles. The van der Waals surface area contributed by atoms with Gasteiger partial charge >= 0.3 is 0 Å². The Morgan fingerprint density at radius 2 is 1.69 bits per heavy atom. The highest BCUT2D eigenvalue weighted by Crippen LogP contribution is 2.32. The second kappa shape index (κ2) is 8.32. The number of hydrogen-bond donors (Lipinski definition) is 0. The van der Waals surface area contributed by atoms with Gasteiger partial charge in [0.25, 0.3) is 5.69 Å². The molecule has 0 N–H and O–H groups in total. The first-order valence-corrected chi connectivity index (χ1v) is 10.6. The van der Waals surface area contributed by atoms with E-state index in [0.29, 0.717) is 45.1 Å². The molecule has 0 aromatic heterocycles. The number of nitro benzene ring substituents is 1. The van der Waals surface area contributed by atoms with Gasteiger partial charge in [0.15, 0.2) is 0 Å². The van der Waals surface area contributed by atoms with Gasteiger partial charge in [-0.25, -0.2) is 8.42 Å². The number of sulfonamides is 1. The third-order valence-electron chi connectivity index (χ3n) is 4.91. The lowest BCUT2D eigenvalue weighted by Crippen LogP contribution is -2.32. The van der Waals surface area contributed by atoms with E-state index in [9.17, 15) is 18.5 Å². The van der Waals surface area contributed by atoms with Crippen LogP contribution in [0.25, 0.3) is 0 Å². The van der Waals surface area contributed by atoms with Crippen LogP contribution in [0.5, 0.6) is 0 Å². The average Bonchev–Trinajstić information content (AvgIpc) is 3.06. The lowest BCUT2D eigenvalue weighted by Gasteiger charge is -2.23. The summed E-state index contributed by atoms with van der Waals surface area (Å²) in [6.45, 7) is 3.29. The molecular weight excluding hydrogens is 358 g/mol. The molecule has 2 saturated heterocycles. The first-order chi connectivity index (χ1) is 12.5. The van der Waals surface area contributed by atoms with Crippen molar-refractivity contribution in [1.82, 2.24) is 4.31 Å². The molecule has 0 aliphatic carbocycles. The third-order valence-corrected chi connectivity index (χ3v) is 6.80. The monoisotopic (exact) mass is 383 g/mol. The van der Waals surface area contributed by atoms with E-state index in [4.69, 9.17) is 4.74 Å². The Morgan fingerprint density at radius 3 is 2.38 bits per heavy atom. The van der Waals surface area contributed by atoms with Crippen LogP contribution >= 0.6 is 0 Å². The molecule has 2 aliphatic rings. The van der Waals surface area contributed by atoms with Crippen molar-refractivity contribution in [2.45, 2.75) is 37.0 Å². The minimum absolute atomic E-state index is 0.000854. The highest BCUT2D eigenvalue weighted by atomic mass is 32.2. The number of hydrogen-bond acceptors (Lipinski definition) is 6. The van der Waals surface area contributed by atoms with Crippen molar-refractivity contribution in [2.24, 2.45) is 0 Å². The molecule has 0 atom stereocenters. The summed E-state index contributed by atoms with van der Waals surface area (Å²) in [6, 6.07) is 4.27. The molecule has 0 unspecified atom stereocenters. The first-order valence-electron chi connectivity index (χ1n) is 9.11. The minimum Gasteiger partial charge on any atom is -0.380 e. The summed E-state index contributed by atoms with van der Waals surface area (Å²) in [5, 5.41) is 11.6. The Labute approximate surface area is 153 Å². The van der Waals surface area contributed by atoms with E-state index in [1.807, 2.05) is 4.90 Å². The molecule has 3 rings (SSSR count). The van der Waals surface area contributed by atoms with Gasteiger partial charge in [0.2, 0.25) is 10.0 Å². The van der Waals surface area contributed by atoms with Crippen LogP contribution in [-0.4, -0.2) is 57.0 Å². The van der Waals surface area contributed by atoms with Crippen molar-refractivity contribution < 1.29 is 18.1 Å². The standard InChI is InChI=1S/C17H25N3O5S/c21-20(22)17-14-15(26(23,24)19-9-3-1-2-4-10-19)6-7-16(17)18-8-5-12-25-13-11-18/h6-7,14H,1-5,8-13H2. The second-order valence-electron chi connectivity index (χ2n) is 6.68. The summed E-state index contributed by atoms with van der Waals surface area (Å²) in [7, 11) is -3.71. The van der Waals surface area contributed by atoms with E-state index in [0.717, 1.165) is 32.1 Å². The fraction of sp³-hybridized carbons (Fsp3) is 0.647. The van der Waals surface area contributed by atoms with Gasteiger partial charge in [-0.15, -0.1) is 0 Å². The summed E-state index contributed by atoms with van der Waals surface area (Å²) in [4.78, 5) is 13.0. The topological polar surface area (TPSA) is 93.0 Å². The van der Waals surface area contributed by atoms with Crippen LogP contribution in [0.2, 0.25) is 0 Å². The van der Waals surface area contributed by atoms with E-state index < -0.39 is 14.9 Å². The highest BCUT2D eigenvalue weighted by Gasteiger charge is 2.29. The quantitative estimate of drug-likeness (QED) is 0.585. The van der Waals surface area contributed by atoms with Crippen molar-refractivity contribution in [2.75, 3.05) is 44.3 Å². The molecule has 0 bridgehead atoms. The predicted octanol–water partition coefficient (Wildman–Crippen LogP) is 2.39. The smallest absolute Gasteiger partial charge is 0.293 e. The number of rotatable bonds is 4. The minimum atomic E-state index is -3.71. The maximum absolute atomic E-state index is 12.9. The average molecular weight is 383 g/mol. The number of anilines is 1. The fourth-order valence-electron chi connectivity index (χ4n) is 3.50. The summed E-state index contributed by atoms with van der Waals surface area (Å²) in [6.07, 6.45) is 4.47. The number of benzene rings is 1. The summed E-state index contributed by atoms with van der Waals surface area (Å²) in [5.74, 6) is 0. The van der Waals surface area contributed by atoms with E-state index in [1.54, 1.807) is 6.07 Å². The van der Waals surface area contributed by atoms with Crippen molar-refractivity contribution in [3.63, 3.8) is 0 Å². The second-order valence-corrected chi connectivity index (χ2v) is 8.62. The van der Waals surface area contributed by atoms with Crippen molar-refractivity contribution in [3.8, 4) is 0 Å². The molecule has 0 amide bonds. The van der Waals surface area contributed by atoms with Gasteiger partial charge in [-0.2, -0.15) is 4.31 Å². The van der Waals surface area contributed by atoms with Gasteiger partial charge in [-0.3, -0.25) is 10.1 Å². The van der Waals surface area contributed by atoms with E-state index in [2.05, 4.69) is 0 Å². The molecular formula is C17H25N3O5S. The van der Waals surface area contributed by atoms with Gasteiger partial charge in [0.05, 0.1) is 16.4 Å². The van der Waals surface area contributed by atoms with Crippen LogP contribution in [0.1, 0.15) is 32.1 Å². The Morgan fingerprint density at radius 1 is 0.962 bits per heavy atom. The number of ether oxygens (including phenoxy) is 1. The molecule has 0 spiro atoms. The SMILES string of the molecule is O=[N+]([O-])c1cc(S(=O)(=O)N2CCCCCC2)ccc1N1CCCOCC1. The molecule has 8 nitrogen and oxygen atoms in total. The van der Waals surface area contributed by atoms with Crippen molar-refractivity contribution in [3.05, 3.63) is 28.3 Å². The molecule has 1 aromatic rings. The molecule has 9 heteroatoms. The fourth-order valence-corrected chi connectivity index (χ4v) is 5.03. The van der Waals surface area contributed by atoms with Gasteiger partial charge < -0.3 is 9.64 Å². The van der Waals surface area contributed by atoms with Gasteiger partial charge in [0.1, 0.15) is 5.69 Å². The van der Waals surface area contributed by atoms with E-state index in [1.165, 1.54) is 16.4 Å². The highest BCUT2D eigenvalue weighted by molar-refractivity contribution is 7.89. The predicted molar refractivity (Wildman–Crippen MR) is 98.0 cm³/mol. The Hall–Kier alpha value is -1.71. The molecule has 26 heavy (non-hydrogen) atoms.